The molecule has 3 aromatic carbocycles. The van der Waals surface area contributed by atoms with Crippen molar-refractivity contribution in [2.24, 2.45) is 17.8 Å². The smallest absolute Gasteiger partial charge is 0.311 e. The van der Waals surface area contributed by atoms with Gasteiger partial charge in [0.25, 0.3) is 0 Å². The van der Waals surface area contributed by atoms with Crippen molar-refractivity contribution in [2.75, 3.05) is 11.9 Å². The maximum Gasteiger partial charge on any atom is 0.311 e. The van der Waals surface area contributed by atoms with Crippen molar-refractivity contribution in [1.29, 1.82) is 0 Å². The van der Waals surface area contributed by atoms with Crippen molar-refractivity contribution in [3.05, 3.63) is 148 Å². The molecule has 0 amide bonds. The molecule has 2 bridgehead atoms. The minimum absolute atomic E-state index is 0.0728. The van der Waals surface area contributed by atoms with Gasteiger partial charge in [0, 0.05) is 12.2 Å². The molecule has 4 heterocycles. The van der Waals surface area contributed by atoms with Gasteiger partial charge in [-0.2, -0.15) is 4.39 Å². The molecule has 2 atom stereocenters. The molecule has 0 spiro atoms. The maximum absolute atomic E-state index is 16.9. The number of hydrogen-bond acceptors (Lipinski definition) is 8. The van der Waals surface area contributed by atoms with Gasteiger partial charge in [-0.3, -0.25) is 4.79 Å². The van der Waals surface area contributed by atoms with Crippen LogP contribution in [0, 0.1) is 28.7 Å². The number of anilines is 1. The lowest BCUT2D eigenvalue weighted by Gasteiger charge is -2.47. The van der Waals surface area contributed by atoms with Crippen LogP contribution in [0.2, 0.25) is 5.15 Å². The highest BCUT2D eigenvalue weighted by Gasteiger charge is 2.48. The van der Waals surface area contributed by atoms with Crippen LogP contribution in [0.15, 0.2) is 116 Å². The summed E-state index contributed by atoms with van der Waals surface area (Å²) in [5.41, 5.74) is 3.11. The first-order valence-electron chi connectivity index (χ1n) is 18.8. The first kappa shape index (κ1) is 36.1. The monoisotopic (exact) mass is 786 g/mol. The molecule has 282 valence electrons. The summed E-state index contributed by atoms with van der Waals surface area (Å²) in [6, 6.07) is 32.8. The van der Waals surface area contributed by atoms with Gasteiger partial charge in [-0.15, -0.1) is 11.3 Å². The van der Waals surface area contributed by atoms with Gasteiger partial charge in [-0.1, -0.05) is 103 Å². The Morgan fingerprint density at radius 1 is 0.857 bits per heavy atom. The predicted octanol–water partition coefficient (Wildman–Crippen LogP) is 10.2. The number of esters is 1. The second-order valence-corrected chi connectivity index (χ2v) is 15.8. The lowest BCUT2D eigenvalue weighted by molar-refractivity contribution is -0.154. The van der Waals surface area contributed by atoms with E-state index in [-0.39, 0.29) is 46.9 Å². The number of nitrogens with one attached hydrogen (secondary N) is 1. The topological polar surface area (TPSA) is 94.8 Å². The van der Waals surface area contributed by atoms with Crippen LogP contribution in [0.4, 0.5) is 14.6 Å². The van der Waals surface area contributed by atoms with Gasteiger partial charge >= 0.3 is 5.97 Å². The number of aromatic nitrogens is 5. The highest BCUT2D eigenvalue weighted by atomic mass is 35.5. The van der Waals surface area contributed by atoms with Crippen LogP contribution < -0.4 is 5.32 Å². The van der Waals surface area contributed by atoms with Crippen LogP contribution in [0.3, 0.4) is 0 Å². The number of carbonyl (C=O) groups excluding carboxylic acids is 1. The van der Waals surface area contributed by atoms with Crippen molar-refractivity contribution < 1.29 is 18.3 Å². The SMILES string of the molecule is CCOC(=O)[C@@H]1C2CCC(CC2)[C@H]1Nc1nc(-c2cn(C(c3ccccc3)(c3ccccc3)c3ccccc3)c3ncc(Cl)nc23)nc(-c2ccc(F)s2)c1F. The predicted molar refractivity (Wildman–Crippen MR) is 214 cm³/mol. The molecule has 0 saturated heterocycles. The van der Waals surface area contributed by atoms with Crippen LogP contribution in [-0.4, -0.2) is 43.1 Å². The Kier molecular flexibility index (Phi) is 9.59. The highest BCUT2D eigenvalue weighted by molar-refractivity contribution is 7.13. The summed E-state index contributed by atoms with van der Waals surface area (Å²) in [4.78, 5) is 33.1. The normalized spacial score (nSPS) is 19.3. The molecule has 4 aromatic heterocycles. The molecule has 0 aliphatic heterocycles. The first-order valence-corrected chi connectivity index (χ1v) is 20.0. The Balaban J connectivity index is 1.30. The number of halogens is 3. The molecule has 3 aliphatic carbocycles. The zero-order valence-corrected chi connectivity index (χ0v) is 32.0. The van der Waals surface area contributed by atoms with E-state index in [4.69, 9.17) is 36.3 Å². The Labute approximate surface area is 331 Å². The third kappa shape index (κ3) is 6.13. The summed E-state index contributed by atoms with van der Waals surface area (Å²) >= 11 is 7.39. The number of thiophene rings is 1. The van der Waals surface area contributed by atoms with E-state index in [2.05, 4.69) is 46.3 Å². The molecule has 56 heavy (non-hydrogen) atoms. The molecule has 3 fully saturated rings. The van der Waals surface area contributed by atoms with E-state index in [1.54, 1.807) is 6.92 Å². The van der Waals surface area contributed by atoms with Crippen LogP contribution in [-0.2, 0) is 15.1 Å². The number of fused-ring (bicyclic) bond motifs is 4. The number of hydrogen-bond donors (Lipinski definition) is 1. The van der Waals surface area contributed by atoms with Gasteiger partial charge in [0.2, 0.25) is 0 Å². The van der Waals surface area contributed by atoms with Crippen molar-refractivity contribution in [1.82, 2.24) is 24.5 Å². The Bertz CT molecular complexity index is 2430. The number of carbonyl (C=O) groups is 1. The largest absolute Gasteiger partial charge is 0.466 e. The molecule has 0 unspecified atom stereocenters. The second kappa shape index (κ2) is 14.9. The van der Waals surface area contributed by atoms with E-state index >= 15 is 4.39 Å². The number of ether oxygens (including phenoxy) is 1. The van der Waals surface area contributed by atoms with Gasteiger partial charge in [0.05, 0.1) is 29.2 Å². The molecule has 10 rings (SSSR count). The van der Waals surface area contributed by atoms with Crippen LogP contribution in [0.25, 0.3) is 33.1 Å². The van der Waals surface area contributed by atoms with Gasteiger partial charge in [0.1, 0.15) is 21.9 Å². The lowest BCUT2D eigenvalue weighted by atomic mass is 9.61. The van der Waals surface area contributed by atoms with Crippen LogP contribution in [0.1, 0.15) is 49.3 Å². The number of benzene rings is 3. The van der Waals surface area contributed by atoms with E-state index in [1.165, 1.54) is 18.3 Å². The average Bonchev–Trinajstić information content (AvgIpc) is 3.84. The van der Waals surface area contributed by atoms with Crippen molar-refractivity contribution >= 4 is 45.9 Å². The van der Waals surface area contributed by atoms with E-state index < -0.39 is 28.4 Å². The molecule has 7 aromatic rings. The van der Waals surface area contributed by atoms with Crippen LogP contribution >= 0.6 is 22.9 Å². The number of nitrogens with zero attached hydrogens (tertiary/aromatic N) is 5. The van der Waals surface area contributed by atoms with Gasteiger partial charge in [0.15, 0.2) is 28.2 Å². The Hall–Kier alpha value is -5.52. The summed E-state index contributed by atoms with van der Waals surface area (Å²) in [6.45, 7) is 2.04. The molecular formula is C44H37ClF2N6O2S. The highest BCUT2D eigenvalue weighted by Crippen LogP contribution is 2.48. The fraction of sp³-hybridized carbons (Fsp3) is 0.250. The third-order valence-electron chi connectivity index (χ3n) is 11.4. The molecule has 1 N–H and O–H groups in total. The number of rotatable bonds is 10. The molecular weight excluding hydrogens is 750 g/mol. The zero-order chi connectivity index (χ0) is 38.4. The van der Waals surface area contributed by atoms with Gasteiger partial charge in [-0.25, -0.2) is 24.3 Å². The quantitative estimate of drug-likeness (QED) is 0.109. The fourth-order valence-electron chi connectivity index (χ4n) is 9.00. The first-order chi connectivity index (χ1) is 27.4. The van der Waals surface area contributed by atoms with E-state index in [9.17, 15) is 9.18 Å². The summed E-state index contributed by atoms with van der Waals surface area (Å²) in [5.74, 6) is -1.20. The van der Waals surface area contributed by atoms with Crippen molar-refractivity contribution in [3.63, 3.8) is 0 Å². The van der Waals surface area contributed by atoms with Gasteiger partial charge < -0.3 is 14.6 Å². The van der Waals surface area contributed by atoms with Crippen molar-refractivity contribution in [3.8, 4) is 22.0 Å². The van der Waals surface area contributed by atoms with Crippen molar-refractivity contribution in [2.45, 2.75) is 44.2 Å². The molecule has 3 aliphatic rings. The van der Waals surface area contributed by atoms with Gasteiger partial charge in [-0.05, 0) is 73.3 Å². The summed E-state index contributed by atoms with van der Waals surface area (Å²) < 4.78 is 39.1. The van der Waals surface area contributed by atoms with E-state index in [0.29, 0.717) is 21.6 Å². The fourth-order valence-corrected chi connectivity index (χ4v) is 9.85. The Morgan fingerprint density at radius 3 is 2.04 bits per heavy atom. The lowest BCUT2D eigenvalue weighted by Crippen LogP contribution is -2.52. The minimum atomic E-state index is -0.988. The molecule has 8 nitrogen and oxygen atoms in total. The molecule has 3 saturated carbocycles. The summed E-state index contributed by atoms with van der Waals surface area (Å²) in [5, 5.41) is 3.06. The minimum Gasteiger partial charge on any atom is -0.466 e. The zero-order valence-electron chi connectivity index (χ0n) is 30.4. The standard InChI is InChI=1S/C44H37ClF2N6O2S/c1-2-55-43(54)35-26-18-20-27(21-19-26)37(35)50-41-36(47)39(32-22-23-34(46)56-32)51-40(52-41)31-25-53(42-38(31)49-33(45)24-48-42)44(28-12-6-3-7-13-28,29-14-8-4-9-15-29)30-16-10-5-11-17-30/h3-17,22-27,35,37H,2,18-21H2,1H3,(H,50,51,52)/t26?,27?,35-,37-/m1/s1. The summed E-state index contributed by atoms with van der Waals surface area (Å²) in [6.07, 6.45) is 7.03. The third-order valence-corrected chi connectivity index (χ3v) is 12.4. The summed E-state index contributed by atoms with van der Waals surface area (Å²) in [7, 11) is 0. The maximum atomic E-state index is 16.9. The Morgan fingerprint density at radius 2 is 1.46 bits per heavy atom. The molecule has 12 heteroatoms. The average molecular weight is 787 g/mol. The van der Waals surface area contributed by atoms with E-state index in [1.807, 2.05) is 60.8 Å². The second-order valence-electron chi connectivity index (χ2n) is 14.4. The van der Waals surface area contributed by atoms with E-state index in [0.717, 1.165) is 53.7 Å². The molecule has 0 radical (unpaired) electrons. The van der Waals surface area contributed by atoms with Crippen LogP contribution in [0.5, 0.6) is 0 Å².